The van der Waals surface area contributed by atoms with Gasteiger partial charge in [-0.15, -0.1) is 0 Å². The largest absolute Gasteiger partial charge is 0.353 e. The van der Waals surface area contributed by atoms with E-state index in [1.54, 1.807) is 12.4 Å². The topological polar surface area (TPSA) is 29.0 Å². The molecule has 1 aliphatic heterocycles. The lowest BCUT2D eigenvalue weighted by Crippen LogP contribution is -2.37. The van der Waals surface area contributed by atoms with Gasteiger partial charge in [0.2, 0.25) is 0 Å². The summed E-state index contributed by atoms with van der Waals surface area (Å²) in [5.74, 6) is 2.04. The van der Waals surface area contributed by atoms with Crippen molar-refractivity contribution in [2.24, 2.45) is 0 Å². The highest BCUT2D eigenvalue weighted by Gasteiger charge is 2.18. The molecule has 1 aromatic rings. The zero-order valence-corrected chi connectivity index (χ0v) is 9.55. The number of rotatable bonds is 1. The van der Waals surface area contributed by atoms with Crippen LogP contribution in [-0.2, 0) is 0 Å². The molecule has 0 N–H and O–H groups in total. The highest BCUT2D eigenvalue weighted by atomic mass is 35.5. The average Bonchev–Trinajstić information content (AvgIpc) is 2.18. The Kier molecular flexibility index (Phi) is 3.13. The summed E-state index contributed by atoms with van der Waals surface area (Å²) in [4.78, 5) is 10.5. The van der Waals surface area contributed by atoms with Crippen molar-refractivity contribution in [3.63, 3.8) is 0 Å². The number of anilines is 1. The predicted molar refractivity (Wildman–Crippen MR) is 61.2 cm³/mol. The van der Waals surface area contributed by atoms with Crippen molar-refractivity contribution in [1.82, 2.24) is 9.97 Å². The van der Waals surface area contributed by atoms with Gasteiger partial charge in [-0.05, 0) is 0 Å². The molecule has 2 heterocycles. The fourth-order valence-corrected chi connectivity index (χ4v) is 2.67. The molecule has 0 aliphatic carbocycles. The first-order valence-corrected chi connectivity index (χ1v) is 6.02. The predicted octanol–water partition coefficient (Wildman–Crippen LogP) is 2.07. The summed E-state index contributed by atoms with van der Waals surface area (Å²) in [6, 6.07) is 0. The van der Waals surface area contributed by atoms with Crippen LogP contribution in [0.1, 0.15) is 6.92 Å². The van der Waals surface area contributed by atoms with E-state index in [4.69, 9.17) is 11.6 Å². The third-order valence-corrected chi connectivity index (χ3v) is 3.48. The van der Waals surface area contributed by atoms with Gasteiger partial charge >= 0.3 is 0 Å². The molecule has 0 spiro atoms. The Bertz CT molecular complexity index is 321. The van der Waals surface area contributed by atoms with Crippen molar-refractivity contribution in [3.05, 3.63) is 17.5 Å². The van der Waals surface area contributed by atoms with Crippen molar-refractivity contribution in [2.75, 3.05) is 23.7 Å². The SMILES string of the molecule is CC1CN(c2cncc(Cl)n2)CCS1. The van der Waals surface area contributed by atoms with Crippen LogP contribution < -0.4 is 4.90 Å². The molecule has 1 atom stereocenters. The van der Waals surface area contributed by atoms with Crippen LogP contribution >= 0.6 is 23.4 Å². The van der Waals surface area contributed by atoms with Crippen molar-refractivity contribution >= 4 is 29.2 Å². The second kappa shape index (κ2) is 4.36. The van der Waals surface area contributed by atoms with E-state index in [1.807, 2.05) is 11.8 Å². The van der Waals surface area contributed by atoms with Gasteiger partial charge in [0.25, 0.3) is 0 Å². The van der Waals surface area contributed by atoms with Gasteiger partial charge in [0.05, 0.1) is 12.4 Å². The van der Waals surface area contributed by atoms with Gasteiger partial charge in [-0.25, -0.2) is 4.98 Å². The smallest absolute Gasteiger partial charge is 0.149 e. The molecule has 76 valence electrons. The van der Waals surface area contributed by atoms with Crippen LogP contribution in [0.5, 0.6) is 0 Å². The van der Waals surface area contributed by atoms with Crippen LogP contribution in [0.2, 0.25) is 5.15 Å². The van der Waals surface area contributed by atoms with Gasteiger partial charge < -0.3 is 4.90 Å². The van der Waals surface area contributed by atoms with Crippen LogP contribution in [0.3, 0.4) is 0 Å². The summed E-state index contributed by atoms with van der Waals surface area (Å²) in [6.07, 6.45) is 3.34. The Morgan fingerprint density at radius 1 is 1.57 bits per heavy atom. The first kappa shape index (κ1) is 10.1. The first-order chi connectivity index (χ1) is 6.75. The molecule has 3 nitrogen and oxygen atoms in total. The highest BCUT2D eigenvalue weighted by molar-refractivity contribution is 8.00. The van der Waals surface area contributed by atoms with Gasteiger partial charge in [-0.2, -0.15) is 11.8 Å². The van der Waals surface area contributed by atoms with Crippen LogP contribution in [0, 0.1) is 0 Å². The molecule has 5 heteroatoms. The van der Waals surface area contributed by atoms with Gasteiger partial charge in [0.15, 0.2) is 0 Å². The second-order valence-corrected chi connectivity index (χ2v) is 5.26. The van der Waals surface area contributed by atoms with E-state index in [0.29, 0.717) is 10.4 Å². The van der Waals surface area contributed by atoms with E-state index in [9.17, 15) is 0 Å². The number of hydrogen-bond acceptors (Lipinski definition) is 4. The first-order valence-electron chi connectivity index (χ1n) is 4.60. The van der Waals surface area contributed by atoms with Crippen molar-refractivity contribution in [2.45, 2.75) is 12.2 Å². The fourth-order valence-electron chi connectivity index (χ4n) is 1.51. The van der Waals surface area contributed by atoms with Gasteiger partial charge in [-0.3, -0.25) is 4.98 Å². The summed E-state index contributed by atoms with van der Waals surface area (Å²) < 4.78 is 0. The molecule has 1 aliphatic rings. The average molecular weight is 230 g/mol. The van der Waals surface area contributed by atoms with Gasteiger partial charge in [0.1, 0.15) is 11.0 Å². The molecule has 1 aromatic heterocycles. The minimum absolute atomic E-state index is 0.466. The van der Waals surface area contributed by atoms with E-state index < -0.39 is 0 Å². The Balaban J connectivity index is 2.14. The van der Waals surface area contributed by atoms with Gasteiger partial charge in [0, 0.05) is 24.1 Å². The maximum absolute atomic E-state index is 5.79. The summed E-state index contributed by atoms with van der Waals surface area (Å²) >= 11 is 7.79. The van der Waals surface area contributed by atoms with Crippen LogP contribution in [0.15, 0.2) is 12.4 Å². The lowest BCUT2D eigenvalue weighted by Gasteiger charge is -2.31. The van der Waals surface area contributed by atoms with E-state index in [0.717, 1.165) is 24.7 Å². The molecule has 0 radical (unpaired) electrons. The fraction of sp³-hybridized carbons (Fsp3) is 0.556. The molecule has 0 amide bonds. The quantitative estimate of drug-likeness (QED) is 0.738. The number of hydrogen-bond donors (Lipinski definition) is 0. The van der Waals surface area contributed by atoms with Crippen molar-refractivity contribution < 1.29 is 0 Å². The molecule has 0 saturated carbocycles. The molecule has 1 saturated heterocycles. The maximum atomic E-state index is 5.79. The minimum atomic E-state index is 0.466. The zero-order valence-electron chi connectivity index (χ0n) is 7.98. The van der Waals surface area contributed by atoms with Crippen LogP contribution in [0.25, 0.3) is 0 Å². The molecule has 0 aromatic carbocycles. The molecular weight excluding hydrogens is 218 g/mol. The van der Waals surface area contributed by atoms with E-state index in [-0.39, 0.29) is 0 Å². The Hall–Kier alpha value is -0.480. The van der Waals surface area contributed by atoms with E-state index in [2.05, 4.69) is 21.8 Å². The number of halogens is 1. The van der Waals surface area contributed by atoms with Crippen LogP contribution in [-0.4, -0.2) is 34.1 Å². The molecular formula is C9H12ClN3S. The van der Waals surface area contributed by atoms with E-state index >= 15 is 0 Å². The molecule has 14 heavy (non-hydrogen) atoms. The molecule has 0 bridgehead atoms. The Morgan fingerprint density at radius 2 is 2.43 bits per heavy atom. The lowest BCUT2D eigenvalue weighted by molar-refractivity contribution is 0.767. The monoisotopic (exact) mass is 229 g/mol. The Morgan fingerprint density at radius 3 is 3.14 bits per heavy atom. The maximum Gasteiger partial charge on any atom is 0.149 e. The highest BCUT2D eigenvalue weighted by Crippen LogP contribution is 2.22. The third kappa shape index (κ3) is 2.30. The van der Waals surface area contributed by atoms with Crippen molar-refractivity contribution in [3.8, 4) is 0 Å². The molecule has 1 fully saturated rings. The number of nitrogens with zero attached hydrogens (tertiary/aromatic N) is 3. The number of aromatic nitrogens is 2. The lowest BCUT2D eigenvalue weighted by atomic mass is 10.4. The van der Waals surface area contributed by atoms with Crippen LogP contribution in [0.4, 0.5) is 5.82 Å². The standard InChI is InChI=1S/C9H12ClN3S/c1-7-6-13(2-3-14-7)9-5-11-4-8(10)12-9/h4-5,7H,2-3,6H2,1H3. The zero-order chi connectivity index (χ0) is 9.97. The summed E-state index contributed by atoms with van der Waals surface area (Å²) in [6.45, 7) is 4.29. The molecule has 2 rings (SSSR count). The normalized spacial score (nSPS) is 22.4. The second-order valence-electron chi connectivity index (χ2n) is 3.33. The minimum Gasteiger partial charge on any atom is -0.353 e. The van der Waals surface area contributed by atoms with Crippen molar-refractivity contribution in [1.29, 1.82) is 0 Å². The summed E-state index contributed by atoms with van der Waals surface area (Å²) in [7, 11) is 0. The third-order valence-electron chi connectivity index (χ3n) is 2.16. The summed E-state index contributed by atoms with van der Waals surface area (Å²) in [5, 5.41) is 1.12. The Labute approximate surface area is 92.9 Å². The molecule has 1 unspecified atom stereocenters. The van der Waals surface area contributed by atoms with Gasteiger partial charge in [-0.1, -0.05) is 18.5 Å². The summed E-state index contributed by atoms with van der Waals surface area (Å²) in [5.41, 5.74) is 0. The number of thioether (sulfide) groups is 1. The van der Waals surface area contributed by atoms with E-state index in [1.165, 1.54) is 0 Å².